The molecule has 1 heterocycles. The van der Waals surface area contributed by atoms with Gasteiger partial charge in [0.1, 0.15) is 0 Å². The van der Waals surface area contributed by atoms with Crippen LogP contribution in [0, 0.1) is 0 Å². The van der Waals surface area contributed by atoms with Crippen LogP contribution >= 0.6 is 11.3 Å². The molecule has 4 rings (SSSR count). The highest BCUT2D eigenvalue weighted by Gasteiger charge is 2.20. The lowest BCUT2D eigenvalue weighted by Crippen LogP contribution is -2.14. The topological polar surface area (TPSA) is 93.2 Å². The second kappa shape index (κ2) is 6.57. The number of fused-ring (bicyclic) bond motifs is 2. The van der Waals surface area contributed by atoms with Crippen molar-refractivity contribution in [1.29, 1.82) is 0 Å². The average molecular weight is 423 g/mol. The van der Waals surface area contributed by atoms with Crippen LogP contribution in [0.4, 0.5) is 5.13 Å². The van der Waals surface area contributed by atoms with Crippen molar-refractivity contribution >= 4 is 46.5 Å². The third-order valence-electron chi connectivity index (χ3n) is 4.64. The smallest absolute Gasteiger partial charge is 0.255 e. The molecule has 0 fully saturated rings. The molecule has 0 saturated heterocycles. The summed E-state index contributed by atoms with van der Waals surface area (Å²) in [6.07, 6.45) is 5.23. The summed E-state index contributed by atoms with van der Waals surface area (Å²) in [7, 11) is -7.09. The summed E-state index contributed by atoms with van der Waals surface area (Å²) in [5.41, 5.74) is 2.86. The first-order valence-corrected chi connectivity index (χ1v) is 12.7. The maximum Gasteiger partial charge on any atom is 0.263 e. The Bertz CT molecular complexity index is 1240. The van der Waals surface area contributed by atoms with Crippen molar-refractivity contribution in [2.24, 2.45) is 0 Å². The lowest BCUT2D eigenvalue weighted by molar-refractivity contribution is 0.599. The molecule has 1 N–H and O–H groups in total. The van der Waals surface area contributed by atoms with Gasteiger partial charge in [-0.3, -0.25) is 4.72 Å². The number of anilines is 1. The molecule has 0 radical (unpaired) electrons. The van der Waals surface area contributed by atoms with E-state index in [1.165, 1.54) is 17.7 Å². The standard InChI is InChI=1S/C18H18N2O4S3/c1-26(21,22)14-8-9-16-17(11-14)25-18(19-16)20-27(23,24)15-7-6-12-4-2-3-5-13(12)10-15/h6-11H,2-5H2,1H3,(H,19,20). The third kappa shape index (κ3) is 3.71. The molecule has 142 valence electrons. The van der Waals surface area contributed by atoms with Crippen molar-refractivity contribution in [2.75, 3.05) is 11.0 Å². The molecule has 0 saturated carbocycles. The van der Waals surface area contributed by atoms with E-state index in [1.54, 1.807) is 18.2 Å². The summed E-state index contributed by atoms with van der Waals surface area (Å²) >= 11 is 1.11. The van der Waals surface area contributed by atoms with Crippen molar-refractivity contribution in [3.8, 4) is 0 Å². The van der Waals surface area contributed by atoms with Gasteiger partial charge in [-0.25, -0.2) is 21.8 Å². The van der Waals surface area contributed by atoms with E-state index in [4.69, 9.17) is 0 Å². The summed E-state index contributed by atoms with van der Waals surface area (Å²) in [6.45, 7) is 0. The SMILES string of the molecule is CS(=O)(=O)c1ccc2nc(NS(=O)(=O)c3ccc4c(c3)CCCC4)sc2c1. The van der Waals surface area contributed by atoms with E-state index in [0.29, 0.717) is 10.2 Å². The zero-order chi connectivity index (χ0) is 19.2. The van der Waals surface area contributed by atoms with E-state index < -0.39 is 19.9 Å². The number of aromatic nitrogens is 1. The second-order valence-electron chi connectivity index (χ2n) is 6.66. The Labute approximate surface area is 162 Å². The third-order valence-corrected chi connectivity index (χ3v) is 8.15. The van der Waals surface area contributed by atoms with Crippen LogP contribution in [-0.4, -0.2) is 28.1 Å². The summed E-state index contributed by atoms with van der Waals surface area (Å²) in [5, 5.41) is 0.216. The molecular weight excluding hydrogens is 404 g/mol. The maximum atomic E-state index is 12.8. The monoisotopic (exact) mass is 422 g/mol. The molecule has 1 aromatic heterocycles. The van der Waals surface area contributed by atoms with Crippen molar-refractivity contribution < 1.29 is 16.8 Å². The zero-order valence-corrected chi connectivity index (χ0v) is 17.0. The normalized spacial score (nSPS) is 14.9. The summed E-state index contributed by atoms with van der Waals surface area (Å²) in [6, 6.07) is 9.82. The van der Waals surface area contributed by atoms with Crippen LogP contribution < -0.4 is 4.72 Å². The van der Waals surface area contributed by atoms with Gasteiger partial charge in [-0.15, -0.1) is 0 Å². The highest BCUT2D eigenvalue weighted by atomic mass is 32.2. The minimum absolute atomic E-state index is 0.183. The largest absolute Gasteiger partial charge is 0.263 e. The molecular formula is C18H18N2O4S3. The first-order chi connectivity index (χ1) is 12.7. The van der Waals surface area contributed by atoms with Crippen LogP contribution in [0.15, 0.2) is 46.2 Å². The van der Waals surface area contributed by atoms with Crippen LogP contribution in [-0.2, 0) is 32.7 Å². The Kier molecular flexibility index (Phi) is 4.48. The van der Waals surface area contributed by atoms with Crippen LogP contribution in [0.5, 0.6) is 0 Å². The summed E-state index contributed by atoms with van der Waals surface area (Å²) in [5.74, 6) is 0. The van der Waals surface area contributed by atoms with Gasteiger partial charge in [0.05, 0.1) is 20.0 Å². The lowest BCUT2D eigenvalue weighted by atomic mass is 9.92. The van der Waals surface area contributed by atoms with E-state index in [2.05, 4.69) is 9.71 Å². The summed E-state index contributed by atoms with van der Waals surface area (Å²) in [4.78, 5) is 4.67. The lowest BCUT2D eigenvalue weighted by Gasteiger charge is -2.16. The first kappa shape index (κ1) is 18.4. The van der Waals surface area contributed by atoms with Crippen molar-refractivity contribution in [1.82, 2.24) is 4.98 Å². The molecule has 27 heavy (non-hydrogen) atoms. The first-order valence-electron chi connectivity index (χ1n) is 8.48. The summed E-state index contributed by atoms with van der Waals surface area (Å²) < 4.78 is 52.0. The van der Waals surface area contributed by atoms with Gasteiger partial charge >= 0.3 is 0 Å². The van der Waals surface area contributed by atoms with Gasteiger partial charge in [0, 0.05) is 6.26 Å². The minimum atomic E-state index is -3.75. The number of sulfonamides is 1. The Hall–Kier alpha value is -1.97. The molecule has 1 aliphatic rings. The number of nitrogens with one attached hydrogen (secondary N) is 1. The van der Waals surface area contributed by atoms with Crippen molar-refractivity contribution in [3.05, 3.63) is 47.5 Å². The zero-order valence-electron chi connectivity index (χ0n) is 14.6. The number of benzene rings is 2. The van der Waals surface area contributed by atoms with Crippen molar-refractivity contribution in [2.45, 2.75) is 35.5 Å². The molecule has 6 nitrogen and oxygen atoms in total. The number of aryl methyl sites for hydroxylation is 2. The molecule has 0 unspecified atom stereocenters. The van der Waals surface area contributed by atoms with E-state index in [1.807, 2.05) is 6.07 Å². The predicted molar refractivity (Wildman–Crippen MR) is 107 cm³/mol. The molecule has 1 aliphatic carbocycles. The van der Waals surface area contributed by atoms with Gasteiger partial charge < -0.3 is 0 Å². The Morgan fingerprint density at radius 3 is 2.37 bits per heavy atom. The van der Waals surface area contributed by atoms with Gasteiger partial charge in [0.2, 0.25) is 0 Å². The van der Waals surface area contributed by atoms with Crippen LogP contribution in [0.3, 0.4) is 0 Å². The average Bonchev–Trinajstić information content (AvgIpc) is 3.01. The van der Waals surface area contributed by atoms with E-state index >= 15 is 0 Å². The Morgan fingerprint density at radius 1 is 0.926 bits per heavy atom. The Morgan fingerprint density at radius 2 is 1.63 bits per heavy atom. The highest BCUT2D eigenvalue weighted by Crippen LogP contribution is 2.30. The molecule has 3 aromatic rings. The van der Waals surface area contributed by atoms with Gasteiger partial charge in [0.25, 0.3) is 10.0 Å². The molecule has 0 bridgehead atoms. The molecule has 0 amide bonds. The number of hydrogen-bond acceptors (Lipinski definition) is 6. The quantitative estimate of drug-likeness (QED) is 0.696. The van der Waals surface area contributed by atoms with E-state index in [9.17, 15) is 16.8 Å². The molecule has 0 spiro atoms. The number of nitrogens with zero attached hydrogens (tertiary/aromatic N) is 1. The van der Waals surface area contributed by atoms with Crippen molar-refractivity contribution in [3.63, 3.8) is 0 Å². The number of sulfone groups is 1. The number of hydrogen-bond donors (Lipinski definition) is 1. The van der Waals surface area contributed by atoms with Gasteiger partial charge in [-0.2, -0.15) is 0 Å². The molecule has 0 atom stereocenters. The fourth-order valence-corrected chi connectivity index (χ4v) is 6.14. The molecule has 0 aliphatic heterocycles. The van der Waals surface area contributed by atoms with Crippen LogP contribution in [0.25, 0.3) is 10.2 Å². The van der Waals surface area contributed by atoms with Gasteiger partial charge in [0.15, 0.2) is 15.0 Å². The van der Waals surface area contributed by atoms with Gasteiger partial charge in [-0.05, 0) is 67.1 Å². The number of rotatable bonds is 4. The van der Waals surface area contributed by atoms with E-state index in [-0.39, 0.29) is 14.9 Å². The Balaban J connectivity index is 1.66. The molecule has 9 heteroatoms. The second-order valence-corrected chi connectivity index (χ2v) is 11.4. The minimum Gasteiger partial charge on any atom is -0.255 e. The fraction of sp³-hybridized carbons (Fsp3) is 0.278. The van der Waals surface area contributed by atoms with E-state index in [0.717, 1.165) is 48.8 Å². The molecule has 2 aromatic carbocycles. The highest BCUT2D eigenvalue weighted by molar-refractivity contribution is 7.93. The predicted octanol–water partition coefficient (Wildman–Crippen LogP) is 3.38. The van der Waals surface area contributed by atoms with Crippen LogP contribution in [0.2, 0.25) is 0 Å². The number of thiazole rings is 1. The van der Waals surface area contributed by atoms with Gasteiger partial charge in [-0.1, -0.05) is 17.4 Å². The van der Waals surface area contributed by atoms with Crippen LogP contribution in [0.1, 0.15) is 24.0 Å². The maximum absolute atomic E-state index is 12.8. The fourth-order valence-electron chi connectivity index (χ4n) is 3.23.